The fourth-order valence-corrected chi connectivity index (χ4v) is 2.49. The first-order valence-corrected chi connectivity index (χ1v) is 6.40. The Balaban J connectivity index is 2.02. The van der Waals surface area contributed by atoms with E-state index < -0.39 is 12.1 Å². The van der Waals surface area contributed by atoms with E-state index in [-0.39, 0.29) is 18.5 Å². The Morgan fingerprint density at radius 2 is 1.89 bits per heavy atom. The highest BCUT2D eigenvalue weighted by Crippen LogP contribution is 2.20. The molecule has 0 saturated carbocycles. The van der Waals surface area contributed by atoms with Crippen LogP contribution in [0, 0.1) is 0 Å². The number of carboxylic acid groups (broad SMARTS) is 1. The zero-order chi connectivity index (χ0) is 13.0. The van der Waals surface area contributed by atoms with Gasteiger partial charge in [0.25, 0.3) is 5.91 Å². The Kier molecular flexibility index (Phi) is 4.54. The quantitative estimate of drug-likeness (QED) is 0.781. The van der Waals surface area contributed by atoms with Gasteiger partial charge in [0.2, 0.25) is 0 Å². The molecule has 2 fully saturated rings. The van der Waals surface area contributed by atoms with Crippen LogP contribution in [0.5, 0.6) is 0 Å². The molecular weight excluding hydrogens is 238 g/mol. The first-order chi connectivity index (χ1) is 8.68. The summed E-state index contributed by atoms with van der Waals surface area (Å²) in [5.74, 6) is -1.16. The number of hydrogen-bond acceptors (Lipinski definition) is 4. The highest BCUT2D eigenvalue weighted by atomic mass is 16.5. The molecule has 0 spiro atoms. The van der Waals surface area contributed by atoms with Gasteiger partial charge in [-0.05, 0) is 25.7 Å². The molecule has 1 amide bonds. The van der Waals surface area contributed by atoms with Crippen molar-refractivity contribution in [3.05, 3.63) is 0 Å². The van der Waals surface area contributed by atoms with E-state index in [1.54, 1.807) is 0 Å². The molecule has 2 rings (SSSR count). The standard InChI is InChI=1S/C12H19NO5/c14-11(15)8-13(9-3-6-17-7-4-9)12(16)10-2-1-5-18-10/h9-10H,1-8H2,(H,14,15)/t10-/m1/s1. The molecule has 0 radical (unpaired) electrons. The maximum atomic E-state index is 12.3. The lowest BCUT2D eigenvalue weighted by Crippen LogP contribution is -2.49. The predicted octanol–water partition coefficient (Wildman–Crippen LogP) is 0.258. The number of aliphatic carboxylic acids is 1. The highest BCUT2D eigenvalue weighted by molar-refractivity contribution is 5.85. The summed E-state index contributed by atoms with van der Waals surface area (Å²) >= 11 is 0. The lowest BCUT2D eigenvalue weighted by molar-refractivity contribution is -0.153. The maximum absolute atomic E-state index is 12.3. The molecule has 18 heavy (non-hydrogen) atoms. The summed E-state index contributed by atoms with van der Waals surface area (Å²) in [7, 11) is 0. The van der Waals surface area contributed by atoms with Crippen LogP contribution in [0.25, 0.3) is 0 Å². The summed E-state index contributed by atoms with van der Waals surface area (Å²) in [5, 5.41) is 8.94. The SMILES string of the molecule is O=C(O)CN(C(=O)[C@H]1CCCO1)C1CCOCC1. The van der Waals surface area contributed by atoms with Gasteiger partial charge < -0.3 is 19.5 Å². The van der Waals surface area contributed by atoms with Crippen molar-refractivity contribution in [2.24, 2.45) is 0 Å². The molecule has 1 atom stereocenters. The van der Waals surface area contributed by atoms with Crippen LogP contribution in [-0.4, -0.2) is 60.4 Å². The number of amides is 1. The van der Waals surface area contributed by atoms with Crippen molar-refractivity contribution < 1.29 is 24.2 Å². The summed E-state index contributed by atoms with van der Waals surface area (Å²) in [5.41, 5.74) is 0. The summed E-state index contributed by atoms with van der Waals surface area (Å²) in [6.07, 6.45) is 2.51. The van der Waals surface area contributed by atoms with E-state index in [0.717, 1.165) is 6.42 Å². The van der Waals surface area contributed by atoms with Gasteiger partial charge in [0, 0.05) is 25.9 Å². The van der Waals surface area contributed by atoms with E-state index in [1.165, 1.54) is 4.90 Å². The largest absolute Gasteiger partial charge is 0.480 e. The third kappa shape index (κ3) is 3.20. The molecule has 0 aliphatic carbocycles. The summed E-state index contributed by atoms with van der Waals surface area (Å²) < 4.78 is 10.6. The number of nitrogens with zero attached hydrogens (tertiary/aromatic N) is 1. The minimum Gasteiger partial charge on any atom is -0.480 e. The number of ether oxygens (including phenoxy) is 2. The van der Waals surface area contributed by atoms with E-state index in [4.69, 9.17) is 14.6 Å². The molecular formula is C12H19NO5. The van der Waals surface area contributed by atoms with Crippen LogP contribution in [0.15, 0.2) is 0 Å². The first-order valence-electron chi connectivity index (χ1n) is 6.40. The molecule has 0 aromatic carbocycles. The van der Waals surface area contributed by atoms with E-state index in [2.05, 4.69) is 0 Å². The van der Waals surface area contributed by atoms with Crippen LogP contribution in [0.3, 0.4) is 0 Å². The van der Waals surface area contributed by atoms with Gasteiger partial charge in [-0.25, -0.2) is 0 Å². The Morgan fingerprint density at radius 1 is 1.17 bits per heavy atom. The topological polar surface area (TPSA) is 76.1 Å². The summed E-state index contributed by atoms with van der Waals surface area (Å²) in [6.45, 7) is 1.51. The molecule has 0 unspecified atom stereocenters. The lowest BCUT2D eigenvalue weighted by atomic mass is 10.1. The van der Waals surface area contributed by atoms with Gasteiger partial charge in [0.15, 0.2) is 0 Å². The minimum atomic E-state index is -0.979. The van der Waals surface area contributed by atoms with E-state index in [1.807, 2.05) is 0 Å². The van der Waals surface area contributed by atoms with E-state index in [0.29, 0.717) is 39.1 Å². The van der Waals surface area contributed by atoms with Crippen molar-refractivity contribution in [3.63, 3.8) is 0 Å². The Labute approximate surface area is 106 Å². The van der Waals surface area contributed by atoms with Crippen molar-refractivity contribution in [1.29, 1.82) is 0 Å². The molecule has 6 nitrogen and oxygen atoms in total. The zero-order valence-electron chi connectivity index (χ0n) is 10.3. The monoisotopic (exact) mass is 257 g/mol. The smallest absolute Gasteiger partial charge is 0.323 e. The van der Waals surface area contributed by atoms with Crippen LogP contribution in [0.2, 0.25) is 0 Å². The van der Waals surface area contributed by atoms with Crippen molar-refractivity contribution in [3.8, 4) is 0 Å². The molecule has 2 saturated heterocycles. The second-order valence-corrected chi connectivity index (χ2v) is 4.71. The van der Waals surface area contributed by atoms with Crippen LogP contribution < -0.4 is 0 Å². The number of rotatable bonds is 4. The lowest BCUT2D eigenvalue weighted by Gasteiger charge is -2.34. The zero-order valence-corrected chi connectivity index (χ0v) is 10.3. The molecule has 0 aromatic heterocycles. The van der Waals surface area contributed by atoms with Gasteiger partial charge >= 0.3 is 5.97 Å². The molecule has 0 bridgehead atoms. The number of carbonyl (C=O) groups is 2. The van der Waals surface area contributed by atoms with Crippen LogP contribution in [0.1, 0.15) is 25.7 Å². The van der Waals surface area contributed by atoms with Gasteiger partial charge in [0.05, 0.1) is 0 Å². The Bertz CT molecular complexity index is 308. The third-order valence-corrected chi connectivity index (χ3v) is 3.43. The Morgan fingerprint density at radius 3 is 2.44 bits per heavy atom. The Hall–Kier alpha value is -1.14. The minimum absolute atomic E-state index is 0.0356. The van der Waals surface area contributed by atoms with Gasteiger partial charge in [-0.1, -0.05) is 0 Å². The van der Waals surface area contributed by atoms with Gasteiger partial charge in [-0.2, -0.15) is 0 Å². The fourth-order valence-electron chi connectivity index (χ4n) is 2.49. The maximum Gasteiger partial charge on any atom is 0.323 e. The van der Waals surface area contributed by atoms with Crippen LogP contribution in [-0.2, 0) is 19.1 Å². The predicted molar refractivity (Wildman–Crippen MR) is 62.2 cm³/mol. The van der Waals surface area contributed by atoms with Crippen molar-refractivity contribution in [2.75, 3.05) is 26.4 Å². The molecule has 2 aliphatic heterocycles. The molecule has 0 aromatic rings. The number of carboxylic acids is 1. The second kappa shape index (κ2) is 6.15. The average Bonchev–Trinajstić information content (AvgIpc) is 2.90. The van der Waals surface area contributed by atoms with Gasteiger partial charge in [0.1, 0.15) is 12.6 Å². The number of carbonyl (C=O) groups excluding carboxylic acids is 1. The van der Waals surface area contributed by atoms with Gasteiger partial charge in [-0.15, -0.1) is 0 Å². The highest BCUT2D eigenvalue weighted by Gasteiger charge is 2.34. The molecule has 2 heterocycles. The third-order valence-electron chi connectivity index (χ3n) is 3.43. The van der Waals surface area contributed by atoms with E-state index in [9.17, 15) is 9.59 Å². The average molecular weight is 257 g/mol. The van der Waals surface area contributed by atoms with Crippen molar-refractivity contribution >= 4 is 11.9 Å². The number of hydrogen-bond donors (Lipinski definition) is 1. The van der Waals surface area contributed by atoms with Gasteiger partial charge in [-0.3, -0.25) is 9.59 Å². The van der Waals surface area contributed by atoms with E-state index >= 15 is 0 Å². The molecule has 1 N–H and O–H groups in total. The summed E-state index contributed by atoms with van der Waals surface area (Å²) in [6, 6.07) is -0.0356. The first kappa shape index (κ1) is 13.3. The molecule has 6 heteroatoms. The molecule has 2 aliphatic rings. The van der Waals surface area contributed by atoms with Crippen LogP contribution >= 0.6 is 0 Å². The second-order valence-electron chi connectivity index (χ2n) is 4.71. The molecule has 102 valence electrons. The fraction of sp³-hybridized carbons (Fsp3) is 0.833. The normalized spacial score (nSPS) is 25.0. The van der Waals surface area contributed by atoms with Crippen molar-refractivity contribution in [2.45, 2.75) is 37.8 Å². The van der Waals surface area contributed by atoms with Crippen LogP contribution in [0.4, 0.5) is 0 Å². The van der Waals surface area contributed by atoms with Crippen molar-refractivity contribution in [1.82, 2.24) is 4.90 Å². The summed E-state index contributed by atoms with van der Waals surface area (Å²) in [4.78, 5) is 24.6.